The quantitative estimate of drug-likeness (QED) is 0.751. The van der Waals surface area contributed by atoms with Crippen LogP contribution in [-0.4, -0.2) is 60.3 Å². The summed E-state index contributed by atoms with van der Waals surface area (Å²) in [6.07, 6.45) is 0. The lowest BCUT2D eigenvalue weighted by atomic mass is 9.78. The zero-order chi connectivity index (χ0) is 20.0. The van der Waals surface area contributed by atoms with Gasteiger partial charge in [-0.05, 0) is 53.7 Å². The van der Waals surface area contributed by atoms with E-state index in [0.29, 0.717) is 18.2 Å². The number of halogens is 2. The summed E-state index contributed by atoms with van der Waals surface area (Å²) in [5, 5.41) is 0. The summed E-state index contributed by atoms with van der Waals surface area (Å²) in [7, 11) is -0.895. The zero-order valence-corrected chi connectivity index (χ0v) is 17.3. The Morgan fingerprint density at radius 3 is 2.04 bits per heavy atom. The normalized spacial score (nSPS) is 23.4. The highest BCUT2D eigenvalue weighted by Crippen LogP contribution is 2.36. The van der Waals surface area contributed by atoms with Gasteiger partial charge in [0.05, 0.1) is 11.2 Å². The van der Waals surface area contributed by atoms with Gasteiger partial charge in [0, 0.05) is 49.8 Å². The number of nitrogens with zero attached hydrogens (tertiary/aromatic N) is 2. The molecule has 0 amide bonds. The van der Waals surface area contributed by atoms with Crippen molar-refractivity contribution in [2.45, 2.75) is 65.3 Å². The Hall–Kier alpha value is -1.02. The molecule has 1 aromatic rings. The Labute approximate surface area is 161 Å². The Morgan fingerprint density at radius 2 is 1.52 bits per heavy atom. The molecule has 0 saturated carbocycles. The van der Waals surface area contributed by atoms with E-state index in [4.69, 9.17) is 9.31 Å². The number of hydrogen-bond donors (Lipinski definition) is 0. The Balaban J connectivity index is 1.71. The van der Waals surface area contributed by atoms with E-state index in [1.54, 1.807) is 0 Å². The van der Waals surface area contributed by atoms with Crippen molar-refractivity contribution in [2.24, 2.45) is 0 Å². The van der Waals surface area contributed by atoms with Gasteiger partial charge in [-0.1, -0.05) is 0 Å². The van der Waals surface area contributed by atoms with Gasteiger partial charge in [-0.15, -0.1) is 0 Å². The summed E-state index contributed by atoms with van der Waals surface area (Å²) in [6.45, 7) is 16.0. The second-order valence-corrected chi connectivity index (χ2v) is 8.96. The predicted molar refractivity (Wildman–Crippen MR) is 104 cm³/mol. The van der Waals surface area contributed by atoms with Gasteiger partial charge in [0.1, 0.15) is 11.6 Å². The van der Waals surface area contributed by atoms with E-state index >= 15 is 0 Å². The standard InChI is InChI=1S/C20H31BF2N2O2/c1-14(2)25-9-7-24(8-10-25)13-15-11-18(23)16(12-17(15)22)21-26-19(3,4)20(5,6)27-21/h11-12,14H,7-10,13H2,1-6H3. The van der Waals surface area contributed by atoms with Gasteiger partial charge in [0.15, 0.2) is 0 Å². The molecule has 0 atom stereocenters. The van der Waals surface area contributed by atoms with E-state index in [0.717, 1.165) is 26.2 Å². The van der Waals surface area contributed by atoms with Gasteiger partial charge in [-0.2, -0.15) is 0 Å². The van der Waals surface area contributed by atoms with Gasteiger partial charge < -0.3 is 9.31 Å². The minimum atomic E-state index is -0.895. The maximum Gasteiger partial charge on any atom is 0.497 e. The van der Waals surface area contributed by atoms with Crippen molar-refractivity contribution in [3.63, 3.8) is 0 Å². The Kier molecular flexibility index (Phi) is 5.70. The van der Waals surface area contributed by atoms with Crippen molar-refractivity contribution in [3.05, 3.63) is 29.3 Å². The topological polar surface area (TPSA) is 24.9 Å². The molecule has 150 valence electrons. The summed E-state index contributed by atoms with van der Waals surface area (Å²) in [6, 6.07) is 3.04. The molecule has 0 unspecified atom stereocenters. The number of hydrogen-bond acceptors (Lipinski definition) is 4. The molecule has 2 fully saturated rings. The van der Waals surface area contributed by atoms with E-state index in [1.165, 1.54) is 12.1 Å². The lowest BCUT2D eigenvalue weighted by Gasteiger charge is -2.37. The van der Waals surface area contributed by atoms with Crippen LogP contribution in [0, 0.1) is 11.6 Å². The van der Waals surface area contributed by atoms with Crippen LogP contribution in [0.3, 0.4) is 0 Å². The number of benzene rings is 1. The van der Waals surface area contributed by atoms with Crippen LogP contribution < -0.4 is 5.46 Å². The van der Waals surface area contributed by atoms with Crippen molar-refractivity contribution < 1.29 is 18.1 Å². The molecule has 4 nitrogen and oxygen atoms in total. The van der Waals surface area contributed by atoms with E-state index in [-0.39, 0.29) is 5.46 Å². The monoisotopic (exact) mass is 380 g/mol. The van der Waals surface area contributed by atoms with E-state index in [9.17, 15) is 8.78 Å². The van der Waals surface area contributed by atoms with Crippen LogP contribution in [0.2, 0.25) is 0 Å². The number of rotatable bonds is 4. The molecule has 2 aliphatic heterocycles. The lowest BCUT2D eigenvalue weighted by Crippen LogP contribution is -2.48. The SMILES string of the molecule is CC(C)N1CCN(Cc2cc(F)c(B3OC(C)(C)C(C)(C)O3)cc2F)CC1. The first kappa shape index (κ1) is 20.7. The maximum atomic E-state index is 14.8. The average molecular weight is 380 g/mol. The molecule has 27 heavy (non-hydrogen) atoms. The molecule has 0 aliphatic carbocycles. The highest BCUT2D eigenvalue weighted by molar-refractivity contribution is 6.62. The predicted octanol–water partition coefficient (Wildman–Crippen LogP) is 2.79. The summed E-state index contributed by atoms with van der Waals surface area (Å²) in [5.41, 5.74) is -0.671. The van der Waals surface area contributed by atoms with Gasteiger partial charge in [-0.25, -0.2) is 8.78 Å². The van der Waals surface area contributed by atoms with Crippen LogP contribution in [0.4, 0.5) is 8.78 Å². The Bertz CT molecular complexity index is 673. The molecule has 0 aromatic heterocycles. The first-order chi connectivity index (χ1) is 12.5. The van der Waals surface area contributed by atoms with Crippen molar-refractivity contribution in [2.75, 3.05) is 26.2 Å². The molecule has 2 saturated heterocycles. The van der Waals surface area contributed by atoms with E-state index < -0.39 is 30.0 Å². The fraction of sp³-hybridized carbons (Fsp3) is 0.700. The van der Waals surface area contributed by atoms with Crippen molar-refractivity contribution in [1.29, 1.82) is 0 Å². The average Bonchev–Trinajstić information content (AvgIpc) is 2.78. The first-order valence-corrected chi connectivity index (χ1v) is 9.80. The molecule has 3 rings (SSSR count). The minimum absolute atomic E-state index is 0.125. The van der Waals surface area contributed by atoms with Crippen LogP contribution in [0.5, 0.6) is 0 Å². The minimum Gasteiger partial charge on any atom is -0.399 e. The molecular formula is C20H31BF2N2O2. The molecule has 7 heteroatoms. The smallest absolute Gasteiger partial charge is 0.399 e. The third-order valence-corrected chi connectivity index (χ3v) is 6.20. The first-order valence-electron chi connectivity index (χ1n) is 9.80. The van der Waals surface area contributed by atoms with Crippen molar-refractivity contribution >= 4 is 12.6 Å². The molecule has 0 bridgehead atoms. The van der Waals surface area contributed by atoms with E-state index in [2.05, 4.69) is 23.6 Å². The second kappa shape index (κ2) is 7.43. The Morgan fingerprint density at radius 1 is 0.963 bits per heavy atom. The van der Waals surface area contributed by atoms with Crippen LogP contribution in [0.1, 0.15) is 47.1 Å². The molecule has 0 spiro atoms. The lowest BCUT2D eigenvalue weighted by molar-refractivity contribution is 0.00578. The molecule has 0 radical (unpaired) electrons. The fourth-order valence-corrected chi connectivity index (χ4v) is 3.55. The summed E-state index contributed by atoms with van der Waals surface area (Å²) < 4.78 is 41.2. The molecule has 1 aromatic carbocycles. The molecule has 2 aliphatic rings. The molecule has 0 N–H and O–H groups in total. The number of piperazine rings is 1. The third kappa shape index (κ3) is 4.21. The summed E-state index contributed by atoms with van der Waals surface area (Å²) in [4.78, 5) is 4.57. The van der Waals surface area contributed by atoms with Crippen LogP contribution in [0.15, 0.2) is 12.1 Å². The highest BCUT2D eigenvalue weighted by atomic mass is 19.1. The van der Waals surface area contributed by atoms with Crippen LogP contribution >= 0.6 is 0 Å². The van der Waals surface area contributed by atoms with Gasteiger partial charge >= 0.3 is 7.12 Å². The van der Waals surface area contributed by atoms with Gasteiger partial charge in [0.2, 0.25) is 0 Å². The van der Waals surface area contributed by atoms with Crippen molar-refractivity contribution in [1.82, 2.24) is 9.80 Å². The largest absolute Gasteiger partial charge is 0.497 e. The summed E-state index contributed by atoms with van der Waals surface area (Å²) in [5.74, 6) is -0.891. The third-order valence-electron chi connectivity index (χ3n) is 6.20. The van der Waals surface area contributed by atoms with E-state index in [1.807, 2.05) is 27.7 Å². The van der Waals surface area contributed by atoms with Crippen LogP contribution in [0.25, 0.3) is 0 Å². The molecular weight excluding hydrogens is 349 g/mol. The van der Waals surface area contributed by atoms with Gasteiger partial charge in [0.25, 0.3) is 0 Å². The zero-order valence-electron chi connectivity index (χ0n) is 17.3. The van der Waals surface area contributed by atoms with Crippen molar-refractivity contribution in [3.8, 4) is 0 Å². The fourth-order valence-electron chi connectivity index (χ4n) is 3.55. The summed E-state index contributed by atoms with van der Waals surface area (Å²) >= 11 is 0. The van der Waals surface area contributed by atoms with Gasteiger partial charge in [-0.3, -0.25) is 9.80 Å². The van der Waals surface area contributed by atoms with Crippen LogP contribution in [-0.2, 0) is 15.9 Å². The maximum absolute atomic E-state index is 14.8. The second-order valence-electron chi connectivity index (χ2n) is 8.96. The highest BCUT2D eigenvalue weighted by Gasteiger charge is 2.52. The molecule has 2 heterocycles.